The SMILES string of the molecule is C[C@@H]1CN(c2ccc3c(n2)N[C@H]2CCN3C2)C[C@@H](C)O1.C[C@@H]1CNC[C@@H](C)O1.Clc1ccc2c(n1)N[C@H]1CCN2C1. The van der Waals surface area contributed by atoms with Gasteiger partial charge in [-0.1, -0.05) is 11.6 Å². The highest BCUT2D eigenvalue weighted by atomic mass is 35.5. The Kier molecular flexibility index (Phi) is 8.62. The van der Waals surface area contributed by atoms with Crippen molar-refractivity contribution in [2.75, 3.05) is 77.7 Å². The van der Waals surface area contributed by atoms with E-state index in [1.807, 2.05) is 12.1 Å². The van der Waals surface area contributed by atoms with Gasteiger partial charge in [-0.3, -0.25) is 0 Å². The van der Waals surface area contributed by atoms with Crippen molar-refractivity contribution in [2.45, 2.75) is 77.0 Å². The van der Waals surface area contributed by atoms with Gasteiger partial charge < -0.3 is 40.1 Å². The third-order valence-corrected chi connectivity index (χ3v) is 8.72. The first-order valence-corrected chi connectivity index (χ1v) is 15.7. The van der Waals surface area contributed by atoms with E-state index < -0.39 is 0 Å². The lowest BCUT2D eigenvalue weighted by molar-refractivity contribution is -0.0166. The van der Waals surface area contributed by atoms with E-state index in [0.717, 1.165) is 69.8 Å². The van der Waals surface area contributed by atoms with Crippen LogP contribution in [0, 0.1) is 0 Å². The van der Waals surface area contributed by atoms with Gasteiger partial charge in [-0.25, -0.2) is 9.97 Å². The van der Waals surface area contributed by atoms with E-state index in [9.17, 15) is 0 Å². The van der Waals surface area contributed by atoms with Crippen molar-refractivity contribution in [3.8, 4) is 0 Å². The summed E-state index contributed by atoms with van der Waals surface area (Å²) in [6.45, 7) is 16.8. The summed E-state index contributed by atoms with van der Waals surface area (Å²) >= 11 is 5.82. The normalized spacial score (nSPS) is 31.0. The molecule has 0 aromatic carbocycles. The van der Waals surface area contributed by atoms with Crippen molar-refractivity contribution in [1.82, 2.24) is 15.3 Å². The predicted octanol–water partition coefficient (Wildman–Crippen LogP) is 3.82. The molecule has 4 saturated heterocycles. The number of fused-ring (bicyclic) bond motifs is 8. The van der Waals surface area contributed by atoms with Gasteiger partial charge >= 0.3 is 0 Å². The molecule has 10 nitrogen and oxygen atoms in total. The molecule has 6 atom stereocenters. The quantitative estimate of drug-likeness (QED) is 0.430. The zero-order chi connectivity index (χ0) is 28.5. The number of halogens is 1. The lowest BCUT2D eigenvalue weighted by atomic mass is 10.2. The number of pyridine rings is 2. The van der Waals surface area contributed by atoms with Gasteiger partial charge in [-0.05, 0) is 64.8 Å². The fourth-order valence-electron chi connectivity index (χ4n) is 6.70. The van der Waals surface area contributed by atoms with Gasteiger partial charge in [-0.15, -0.1) is 0 Å². The summed E-state index contributed by atoms with van der Waals surface area (Å²) in [5.41, 5.74) is 2.45. The first-order chi connectivity index (χ1) is 19.8. The zero-order valence-electron chi connectivity index (χ0n) is 24.8. The fourth-order valence-corrected chi connectivity index (χ4v) is 6.84. The average molecular weight is 585 g/mol. The molecule has 0 spiro atoms. The van der Waals surface area contributed by atoms with Gasteiger partial charge in [0.25, 0.3) is 0 Å². The van der Waals surface area contributed by atoms with Crippen molar-refractivity contribution in [2.24, 2.45) is 0 Å². The molecule has 2 aromatic rings. The molecule has 2 aromatic heterocycles. The second kappa shape index (κ2) is 12.4. The van der Waals surface area contributed by atoms with Crippen LogP contribution in [0.5, 0.6) is 0 Å². The van der Waals surface area contributed by atoms with E-state index in [0.29, 0.717) is 29.4 Å². The van der Waals surface area contributed by atoms with E-state index in [1.165, 1.54) is 24.2 Å². The van der Waals surface area contributed by atoms with Gasteiger partial charge in [-0.2, -0.15) is 0 Å². The van der Waals surface area contributed by atoms with Crippen molar-refractivity contribution < 1.29 is 9.47 Å². The minimum atomic E-state index is 0.268. The number of nitrogens with zero attached hydrogens (tertiary/aromatic N) is 5. The number of anilines is 5. The number of morpholine rings is 2. The summed E-state index contributed by atoms with van der Waals surface area (Å²) in [7, 11) is 0. The molecule has 0 saturated carbocycles. The Hall–Kier alpha value is -2.53. The fraction of sp³-hybridized carbons (Fsp3) is 0.667. The van der Waals surface area contributed by atoms with Crippen LogP contribution in [0.3, 0.4) is 0 Å². The van der Waals surface area contributed by atoms with Crippen molar-refractivity contribution in [3.63, 3.8) is 0 Å². The molecule has 0 radical (unpaired) electrons. The molecular weight excluding hydrogens is 540 g/mol. The second-order valence-electron chi connectivity index (χ2n) is 12.3. The largest absolute Gasteiger partial charge is 0.373 e. The maximum atomic E-state index is 5.82. The van der Waals surface area contributed by atoms with Gasteiger partial charge in [0.1, 0.15) is 11.0 Å². The minimum Gasteiger partial charge on any atom is -0.373 e. The Bertz CT molecular complexity index is 1190. The maximum absolute atomic E-state index is 5.82. The van der Waals surface area contributed by atoms with E-state index >= 15 is 0 Å². The monoisotopic (exact) mass is 584 g/mol. The lowest BCUT2D eigenvalue weighted by Crippen LogP contribution is -2.46. The molecule has 4 fully saturated rings. The standard InChI is InChI=1S/C15H22N4O.C9H10ClN3.C6H13NO/c1-10-7-19(8-11(2)20-10)14-4-3-13-15(17-14)16-12-5-6-18(13)9-12;10-8-2-1-7-9(12-8)11-6-3-4-13(7)5-6;1-5-3-7-4-6(2)8-5/h3-4,10-12H,5-9H2,1-2H3,(H,16,17);1-2,6H,3-5H2,(H,11,12);5-7H,3-4H2,1-2H3/t10-,11-,12+;6-;5-,6-/m101/s1. The molecule has 8 heterocycles. The number of ether oxygens (including phenoxy) is 2. The molecule has 11 heteroatoms. The highest BCUT2D eigenvalue weighted by molar-refractivity contribution is 6.29. The van der Waals surface area contributed by atoms with E-state index in [-0.39, 0.29) is 12.2 Å². The summed E-state index contributed by atoms with van der Waals surface area (Å²) in [5, 5.41) is 10.8. The van der Waals surface area contributed by atoms with E-state index in [1.54, 1.807) is 0 Å². The third-order valence-electron chi connectivity index (χ3n) is 8.51. The Morgan fingerprint density at radius 2 is 1.22 bits per heavy atom. The van der Waals surface area contributed by atoms with Crippen LogP contribution in [0.25, 0.3) is 0 Å². The van der Waals surface area contributed by atoms with Gasteiger partial charge in [0, 0.05) is 64.4 Å². The molecule has 0 amide bonds. The summed E-state index contributed by atoms with van der Waals surface area (Å²) in [5.74, 6) is 3.07. The molecule has 4 bridgehead atoms. The average Bonchev–Trinajstić information content (AvgIpc) is 3.51. The van der Waals surface area contributed by atoms with E-state index in [2.05, 4.69) is 75.5 Å². The Morgan fingerprint density at radius 3 is 1.78 bits per heavy atom. The Morgan fingerprint density at radius 1 is 0.683 bits per heavy atom. The van der Waals surface area contributed by atoms with Crippen LogP contribution in [0.4, 0.5) is 28.8 Å². The van der Waals surface area contributed by atoms with Crippen LogP contribution < -0.4 is 30.7 Å². The zero-order valence-corrected chi connectivity index (χ0v) is 25.5. The van der Waals surface area contributed by atoms with Gasteiger partial charge in [0.15, 0.2) is 11.6 Å². The number of nitrogens with one attached hydrogen (secondary N) is 3. The lowest BCUT2D eigenvalue weighted by Gasteiger charge is -2.37. The molecule has 6 aliphatic heterocycles. The van der Waals surface area contributed by atoms with Crippen molar-refractivity contribution in [3.05, 3.63) is 29.4 Å². The first-order valence-electron chi connectivity index (χ1n) is 15.3. The van der Waals surface area contributed by atoms with Gasteiger partial charge in [0.05, 0.1) is 35.8 Å². The number of hydrogen-bond acceptors (Lipinski definition) is 10. The molecule has 0 unspecified atom stereocenters. The van der Waals surface area contributed by atoms with Crippen LogP contribution in [0.1, 0.15) is 40.5 Å². The maximum Gasteiger partial charge on any atom is 0.152 e. The summed E-state index contributed by atoms with van der Waals surface area (Å²) in [4.78, 5) is 16.3. The van der Waals surface area contributed by atoms with Crippen LogP contribution in [0.2, 0.25) is 5.15 Å². The molecule has 0 aliphatic carbocycles. The van der Waals surface area contributed by atoms with Crippen molar-refractivity contribution >= 4 is 40.4 Å². The highest BCUT2D eigenvalue weighted by Crippen LogP contribution is 2.36. The van der Waals surface area contributed by atoms with Crippen LogP contribution in [0.15, 0.2) is 24.3 Å². The van der Waals surface area contributed by atoms with Crippen LogP contribution in [-0.2, 0) is 9.47 Å². The number of rotatable bonds is 1. The smallest absolute Gasteiger partial charge is 0.152 e. The second-order valence-corrected chi connectivity index (χ2v) is 12.7. The topological polar surface area (TPSA) is 90.1 Å². The highest BCUT2D eigenvalue weighted by Gasteiger charge is 2.32. The molecule has 41 heavy (non-hydrogen) atoms. The van der Waals surface area contributed by atoms with Crippen LogP contribution in [-0.4, -0.2) is 98.8 Å². The summed E-state index contributed by atoms with van der Waals surface area (Å²) in [6, 6.07) is 9.41. The molecule has 3 N–H and O–H groups in total. The number of hydrogen-bond donors (Lipinski definition) is 3. The molecule has 6 aliphatic rings. The molecular formula is C30H45ClN8O2. The minimum absolute atomic E-state index is 0.268. The summed E-state index contributed by atoms with van der Waals surface area (Å²) < 4.78 is 11.2. The molecule has 224 valence electrons. The third kappa shape index (κ3) is 6.77. The number of aromatic nitrogens is 2. The Labute approximate surface area is 249 Å². The van der Waals surface area contributed by atoms with Crippen LogP contribution >= 0.6 is 11.6 Å². The van der Waals surface area contributed by atoms with Gasteiger partial charge in [0.2, 0.25) is 0 Å². The Balaban J connectivity index is 0.000000123. The van der Waals surface area contributed by atoms with Crippen molar-refractivity contribution in [1.29, 1.82) is 0 Å². The summed E-state index contributed by atoms with van der Waals surface area (Å²) in [6.07, 6.45) is 3.76. The first kappa shape index (κ1) is 28.6. The molecule has 8 rings (SSSR count). The predicted molar refractivity (Wildman–Crippen MR) is 167 cm³/mol. The van der Waals surface area contributed by atoms with E-state index in [4.69, 9.17) is 26.1 Å².